The molecule has 0 aliphatic heterocycles. The molecule has 0 aromatic carbocycles. The van der Waals surface area contributed by atoms with Crippen molar-refractivity contribution in [3.8, 4) is 0 Å². The zero-order chi connectivity index (χ0) is 21.2. The first kappa shape index (κ1) is 20.1. The van der Waals surface area contributed by atoms with Gasteiger partial charge in [-0.1, -0.05) is 6.42 Å². The maximum atomic E-state index is 13.5. The van der Waals surface area contributed by atoms with Crippen LogP contribution >= 0.6 is 0 Å². The van der Waals surface area contributed by atoms with Gasteiger partial charge in [0.25, 0.3) is 0 Å². The Morgan fingerprint density at radius 1 is 1.34 bits per heavy atom. The van der Waals surface area contributed by atoms with Gasteiger partial charge in [0.1, 0.15) is 0 Å². The number of rotatable bonds is 5. The van der Waals surface area contributed by atoms with Gasteiger partial charge < -0.3 is 10.4 Å². The molecule has 0 unspecified atom stereocenters. The van der Waals surface area contributed by atoms with Crippen molar-refractivity contribution in [1.82, 2.24) is 9.61 Å². The van der Waals surface area contributed by atoms with Gasteiger partial charge in [-0.25, -0.2) is 4.52 Å². The maximum absolute atomic E-state index is 13.5. The molecule has 29 heavy (non-hydrogen) atoms. The first-order valence-corrected chi connectivity index (χ1v) is 9.71. The minimum absolute atomic E-state index is 0.161. The Morgan fingerprint density at radius 3 is 2.55 bits per heavy atom. The Morgan fingerprint density at radius 2 is 2.03 bits per heavy atom. The number of hydrogen-bond acceptors (Lipinski definition) is 3. The molecule has 2 aromatic heterocycles. The zero-order valence-corrected chi connectivity index (χ0v) is 16.2. The van der Waals surface area contributed by atoms with Crippen molar-refractivity contribution in [3.63, 3.8) is 0 Å². The number of hydrogen-bond donors (Lipinski definition) is 2. The minimum atomic E-state index is -4.17. The highest BCUT2D eigenvalue weighted by atomic mass is 19.3. The number of alkyl halides is 4. The topological polar surface area (TPSA) is 66.6 Å². The minimum Gasteiger partial charge on any atom is -0.386 e. The Labute approximate surface area is 165 Å². The molecule has 1 atom stereocenters. The fourth-order valence-electron chi connectivity index (χ4n) is 3.98. The van der Waals surface area contributed by atoms with E-state index in [1.54, 1.807) is 36.7 Å². The van der Waals surface area contributed by atoms with Gasteiger partial charge in [0.15, 0.2) is 5.82 Å². The molecule has 5 nitrogen and oxygen atoms in total. The lowest BCUT2D eigenvalue weighted by Crippen LogP contribution is -2.59. The van der Waals surface area contributed by atoms with Gasteiger partial charge in [0, 0.05) is 30.5 Å². The summed E-state index contributed by atoms with van der Waals surface area (Å²) < 4.78 is 54.6. The van der Waals surface area contributed by atoms with E-state index < -0.39 is 42.1 Å². The maximum Gasteiger partial charge on any atom is 0.313 e. The molecular formula is C20H23F4N3O2. The second-order valence-electron chi connectivity index (χ2n) is 8.68. The Kier molecular flexibility index (Phi) is 4.45. The summed E-state index contributed by atoms with van der Waals surface area (Å²) in [4.78, 5) is 12.3. The number of aliphatic hydroxyl groups is 1. The Hall–Kier alpha value is -2.16. The van der Waals surface area contributed by atoms with E-state index in [1.807, 2.05) is 0 Å². The van der Waals surface area contributed by atoms with Crippen molar-refractivity contribution in [2.45, 2.75) is 69.3 Å². The van der Waals surface area contributed by atoms with Gasteiger partial charge >= 0.3 is 11.8 Å². The number of carbonyl (C=O) groups is 1. The first-order chi connectivity index (χ1) is 13.4. The van der Waals surface area contributed by atoms with Crippen molar-refractivity contribution in [2.75, 3.05) is 5.32 Å². The van der Waals surface area contributed by atoms with E-state index in [-0.39, 0.29) is 11.7 Å². The third-order valence-electron chi connectivity index (χ3n) is 6.09. The lowest BCUT2D eigenvalue weighted by atomic mass is 9.74. The second-order valence-corrected chi connectivity index (χ2v) is 8.68. The molecule has 158 valence electrons. The number of halogens is 4. The van der Waals surface area contributed by atoms with Crippen LogP contribution in [-0.2, 0) is 10.4 Å². The molecule has 0 saturated heterocycles. The van der Waals surface area contributed by atoms with Crippen molar-refractivity contribution in [2.24, 2.45) is 5.92 Å². The summed E-state index contributed by atoms with van der Waals surface area (Å²) in [5.74, 6) is -10.2. The highest BCUT2D eigenvalue weighted by Gasteiger charge is 2.71. The Balaban J connectivity index is 1.61. The third kappa shape index (κ3) is 3.29. The molecule has 9 heteroatoms. The molecule has 0 spiro atoms. The van der Waals surface area contributed by atoms with E-state index in [2.05, 4.69) is 10.4 Å². The fourth-order valence-corrected chi connectivity index (χ4v) is 3.98. The number of pyridine rings is 1. The van der Waals surface area contributed by atoms with Crippen molar-refractivity contribution in [3.05, 3.63) is 29.5 Å². The lowest BCUT2D eigenvalue weighted by molar-refractivity contribution is -0.313. The normalized spacial score (nSPS) is 23.5. The molecule has 4 rings (SSSR count). The lowest BCUT2D eigenvalue weighted by Gasteiger charge is -2.43. The average Bonchev–Trinajstić information content (AvgIpc) is 2.89. The summed E-state index contributed by atoms with van der Waals surface area (Å²) >= 11 is 0. The van der Waals surface area contributed by atoms with Crippen LogP contribution in [0.15, 0.2) is 18.3 Å². The van der Waals surface area contributed by atoms with Crippen LogP contribution in [0.1, 0.15) is 63.0 Å². The highest BCUT2D eigenvalue weighted by Crippen LogP contribution is 2.56. The zero-order valence-electron chi connectivity index (χ0n) is 16.2. The standard InChI is InChI=1S/C20H23F4N3O2/c1-18(2,29)12-6-7-27-14(8-12)16(11-4-3-5-11)17(26-27)25-15(28)9-13-10-19(21,22)20(13,23)24/h6-8,11,13,29H,3-5,9-10H2,1-2H3,(H,25,26,28)/t13-/m1/s1. The molecule has 2 heterocycles. The summed E-state index contributed by atoms with van der Waals surface area (Å²) in [5, 5.41) is 17.2. The van der Waals surface area contributed by atoms with Gasteiger partial charge in [0.2, 0.25) is 5.91 Å². The molecule has 0 radical (unpaired) electrons. The van der Waals surface area contributed by atoms with Gasteiger partial charge in [-0.05, 0) is 50.3 Å². The smallest absolute Gasteiger partial charge is 0.313 e. The van der Waals surface area contributed by atoms with Crippen LogP contribution < -0.4 is 5.32 Å². The number of amides is 1. The fraction of sp³-hybridized carbons (Fsp3) is 0.600. The van der Waals surface area contributed by atoms with Crippen LogP contribution in [0.5, 0.6) is 0 Å². The molecule has 2 fully saturated rings. The van der Waals surface area contributed by atoms with Gasteiger partial charge in [-0.2, -0.15) is 17.6 Å². The molecule has 2 N–H and O–H groups in total. The molecule has 2 aromatic rings. The second kappa shape index (κ2) is 6.42. The van der Waals surface area contributed by atoms with E-state index in [0.717, 1.165) is 30.3 Å². The number of nitrogens with zero attached hydrogens (tertiary/aromatic N) is 2. The number of anilines is 1. The van der Waals surface area contributed by atoms with E-state index in [0.29, 0.717) is 5.56 Å². The molecule has 2 aliphatic rings. The van der Waals surface area contributed by atoms with Crippen LogP contribution in [0.4, 0.5) is 23.4 Å². The summed E-state index contributed by atoms with van der Waals surface area (Å²) in [6, 6.07) is 3.52. The molecule has 0 bridgehead atoms. The number of fused-ring (bicyclic) bond motifs is 1. The highest BCUT2D eigenvalue weighted by molar-refractivity contribution is 5.92. The predicted molar refractivity (Wildman–Crippen MR) is 98.3 cm³/mol. The van der Waals surface area contributed by atoms with Gasteiger partial charge in [-0.3, -0.25) is 4.79 Å². The quantitative estimate of drug-likeness (QED) is 0.712. The van der Waals surface area contributed by atoms with Crippen molar-refractivity contribution in [1.29, 1.82) is 0 Å². The van der Waals surface area contributed by atoms with Crippen LogP contribution in [0, 0.1) is 5.92 Å². The van der Waals surface area contributed by atoms with E-state index in [9.17, 15) is 27.5 Å². The predicted octanol–water partition coefficient (Wildman–Crippen LogP) is 4.45. The van der Waals surface area contributed by atoms with Crippen molar-refractivity contribution >= 4 is 17.2 Å². The molecule has 2 aliphatic carbocycles. The van der Waals surface area contributed by atoms with Crippen LogP contribution in [0.2, 0.25) is 0 Å². The number of carbonyl (C=O) groups excluding carboxylic acids is 1. The van der Waals surface area contributed by atoms with Crippen molar-refractivity contribution < 1.29 is 27.5 Å². The largest absolute Gasteiger partial charge is 0.386 e. The third-order valence-corrected chi connectivity index (χ3v) is 6.09. The average molecular weight is 413 g/mol. The van der Waals surface area contributed by atoms with E-state index in [1.165, 1.54) is 0 Å². The summed E-state index contributed by atoms with van der Waals surface area (Å²) in [6.45, 7) is 3.32. The van der Waals surface area contributed by atoms with Crippen LogP contribution in [0.25, 0.3) is 5.52 Å². The van der Waals surface area contributed by atoms with Gasteiger partial charge in [-0.15, -0.1) is 5.10 Å². The van der Waals surface area contributed by atoms with E-state index in [4.69, 9.17) is 0 Å². The van der Waals surface area contributed by atoms with Gasteiger partial charge in [0.05, 0.1) is 11.1 Å². The summed E-state index contributed by atoms with van der Waals surface area (Å²) in [7, 11) is 0. The summed E-state index contributed by atoms with van der Waals surface area (Å²) in [5.41, 5.74) is 1.14. The SMILES string of the molecule is CC(C)(O)c1ccn2nc(NC(=O)C[C@@H]3CC(F)(F)C3(F)F)c(C3CCC3)c2c1. The van der Waals surface area contributed by atoms with E-state index >= 15 is 0 Å². The number of aromatic nitrogens is 2. The molecule has 2 saturated carbocycles. The van der Waals surface area contributed by atoms with Crippen LogP contribution in [-0.4, -0.2) is 32.5 Å². The molecule has 1 amide bonds. The Bertz CT molecular complexity index is 961. The number of nitrogens with one attached hydrogen (secondary N) is 1. The molecular weight excluding hydrogens is 390 g/mol. The monoisotopic (exact) mass is 413 g/mol. The van der Waals surface area contributed by atoms with Crippen LogP contribution in [0.3, 0.4) is 0 Å². The summed E-state index contributed by atoms with van der Waals surface area (Å²) in [6.07, 6.45) is 2.83. The first-order valence-electron chi connectivity index (χ1n) is 9.71.